The van der Waals surface area contributed by atoms with Crippen LogP contribution in [0.25, 0.3) is 10.4 Å². The van der Waals surface area contributed by atoms with Gasteiger partial charge >= 0.3 is 0 Å². The van der Waals surface area contributed by atoms with E-state index in [-0.39, 0.29) is 60.9 Å². The van der Waals surface area contributed by atoms with E-state index in [1.54, 1.807) is 29.9 Å². The zero-order valence-electron chi connectivity index (χ0n) is 44.4. The number of β-amino-alcohol motifs (C(OH)–C–C–N with tert-alkyl or cyclic N) is 1. The molecular formula is C56H73ClN10O7S. The SMILES string of the molecule is Cc1ncsc1-c1ccc([C@H](CO)NC(=O)[C@@H]2C[C@@H](O)CN2C(=O)[C@@H](NC(=O)CN2CCN(CC3CCN(c4ccc(C(=O)NC5C(C)(C)C(Oc6ccc(C#N)c(Cl)c6)C5(C)C)cn4)CC3)CC2)C(C)(C)C)cc1. The Balaban J connectivity index is 0.763. The number of nitriles is 1. The Hall–Kier alpha value is -5.68. The van der Waals surface area contributed by atoms with Crippen LogP contribution in [0.3, 0.4) is 0 Å². The maximum Gasteiger partial charge on any atom is 0.253 e. The predicted molar refractivity (Wildman–Crippen MR) is 289 cm³/mol. The van der Waals surface area contributed by atoms with Gasteiger partial charge in [-0.1, -0.05) is 84.3 Å². The molecule has 2 aromatic heterocycles. The number of hydrogen-bond donors (Lipinski definition) is 5. The molecule has 17 nitrogen and oxygen atoms in total. The molecule has 0 unspecified atom stereocenters. The summed E-state index contributed by atoms with van der Waals surface area (Å²) >= 11 is 7.81. The number of nitrogens with one attached hydrogen (secondary N) is 3. The van der Waals surface area contributed by atoms with E-state index in [0.717, 1.165) is 67.5 Å². The number of ether oxygens (including phenoxy) is 1. The van der Waals surface area contributed by atoms with Crippen molar-refractivity contribution in [3.8, 4) is 22.3 Å². The quantitative estimate of drug-likeness (QED) is 0.0895. The summed E-state index contributed by atoms with van der Waals surface area (Å²) in [6.45, 7) is 21.4. The van der Waals surface area contributed by atoms with Gasteiger partial charge in [-0.25, -0.2) is 9.97 Å². The lowest BCUT2D eigenvalue weighted by atomic mass is 9.49. The minimum absolute atomic E-state index is 0.0408. The van der Waals surface area contributed by atoms with Crippen LogP contribution in [0.5, 0.6) is 5.75 Å². The average molecular weight is 1070 g/mol. The lowest BCUT2D eigenvalue weighted by molar-refractivity contribution is -0.164. The van der Waals surface area contributed by atoms with Crippen LogP contribution >= 0.6 is 22.9 Å². The second-order valence-electron chi connectivity index (χ2n) is 23.1. The molecule has 8 rings (SSSR count). The fraction of sp³-hybridized carbons (Fsp3) is 0.554. The second kappa shape index (κ2) is 22.9. The van der Waals surface area contributed by atoms with Gasteiger partial charge in [0.15, 0.2) is 0 Å². The summed E-state index contributed by atoms with van der Waals surface area (Å²) in [5.74, 6) is 0.573. The number of amides is 4. The van der Waals surface area contributed by atoms with Crippen LogP contribution in [0.15, 0.2) is 66.3 Å². The number of aromatic nitrogens is 2. The third kappa shape index (κ3) is 12.5. The third-order valence-corrected chi connectivity index (χ3v) is 17.1. The Morgan fingerprint density at radius 2 is 1.61 bits per heavy atom. The van der Waals surface area contributed by atoms with Gasteiger partial charge in [0.1, 0.15) is 35.8 Å². The number of likely N-dealkylation sites (tertiary alicyclic amines) is 1. The highest BCUT2D eigenvalue weighted by Gasteiger charge is 2.64. The van der Waals surface area contributed by atoms with E-state index in [9.17, 15) is 34.7 Å². The minimum atomic E-state index is -0.980. The van der Waals surface area contributed by atoms with Gasteiger partial charge in [0.05, 0.1) is 57.5 Å². The summed E-state index contributed by atoms with van der Waals surface area (Å²) in [7, 11) is 0. The maximum atomic E-state index is 14.3. The zero-order valence-corrected chi connectivity index (χ0v) is 46.0. The van der Waals surface area contributed by atoms with Crippen molar-refractivity contribution in [2.24, 2.45) is 22.2 Å². The first-order valence-corrected chi connectivity index (χ1v) is 27.4. The van der Waals surface area contributed by atoms with Gasteiger partial charge in [0.25, 0.3) is 5.91 Å². The molecule has 3 saturated heterocycles. The number of aryl methyl sites for hydroxylation is 1. The lowest BCUT2D eigenvalue weighted by Crippen LogP contribution is -2.74. The van der Waals surface area contributed by atoms with Crippen LogP contribution in [0, 0.1) is 40.4 Å². The first-order valence-electron chi connectivity index (χ1n) is 26.1. The monoisotopic (exact) mass is 1060 g/mol. The standard InChI is InChI=1S/C56H73ClN10O7S/c1-34-47(75-33-60-34)37-11-9-36(10-12-37)43(32-68)61-50(72)44-25-40(69)30-67(44)51(73)48(54(2,3)4)62-46(70)31-65-23-21-64(22-24-65)29-35-17-19-66(20-18-35)45-16-14-39(28-59-45)49(71)63-52-55(5,6)53(56(52,7)8)74-41-15-13-38(27-58)42(57)26-41/h9-16,26,28,33,35,40,43-44,48,52-53,68-69H,17-25,29-32H2,1-8H3,(H,61,72)(H,62,70)(H,63,71)/t40-,43+,44+,48-,52?,53?/m1/s1. The van der Waals surface area contributed by atoms with E-state index in [1.807, 2.05) is 64.1 Å². The Morgan fingerprint density at radius 3 is 2.20 bits per heavy atom. The molecule has 4 fully saturated rings. The van der Waals surface area contributed by atoms with Gasteiger partial charge in [0.2, 0.25) is 17.7 Å². The van der Waals surface area contributed by atoms with Crippen LogP contribution in [-0.2, 0) is 14.4 Å². The summed E-state index contributed by atoms with van der Waals surface area (Å²) in [4.78, 5) is 73.7. The van der Waals surface area contributed by atoms with Crippen LogP contribution in [0.2, 0.25) is 5.02 Å². The summed E-state index contributed by atoms with van der Waals surface area (Å²) in [5.41, 5.74) is 3.82. The van der Waals surface area contributed by atoms with Crippen molar-refractivity contribution in [1.29, 1.82) is 5.26 Å². The molecular weight excluding hydrogens is 992 g/mol. The van der Waals surface area contributed by atoms with Crippen LogP contribution in [0.1, 0.15) is 101 Å². The fourth-order valence-electron chi connectivity index (χ4n) is 11.8. The number of carbonyl (C=O) groups is 4. The molecule has 4 aromatic rings. The van der Waals surface area contributed by atoms with Crippen molar-refractivity contribution in [1.82, 2.24) is 40.6 Å². The number of halogens is 1. The van der Waals surface area contributed by atoms with Crippen molar-refractivity contribution < 1.29 is 34.1 Å². The van der Waals surface area contributed by atoms with Crippen molar-refractivity contribution >= 4 is 52.4 Å². The smallest absolute Gasteiger partial charge is 0.253 e. The number of hydrogen-bond acceptors (Lipinski definition) is 14. The Morgan fingerprint density at radius 1 is 0.933 bits per heavy atom. The first-order chi connectivity index (χ1) is 35.6. The van der Waals surface area contributed by atoms with Gasteiger partial charge in [-0.05, 0) is 66.5 Å². The maximum absolute atomic E-state index is 14.3. The molecule has 4 amide bonds. The van der Waals surface area contributed by atoms with E-state index < -0.39 is 41.5 Å². The molecule has 1 saturated carbocycles. The Kier molecular flexibility index (Phi) is 16.9. The molecule has 0 bridgehead atoms. The summed E-state index contributed by atoms with van der Waals surface area (Å²) < 4.78 is 6.39. The number of thiazole rings is 1. The van der Waals surface area contributed by atoms with E-state index in [0.29, 0.717) is 46.5 Å². The molecule has 2 aromatic carbocycles. The molecule has 402 valence electrons. The van der Waals surface area contributed by atoms with Crippen molar-refractivity contribution in [3.63, 3.8) is 0 Å². The first kappa shape index (κ1) is 55.5. The number of carbonyl (C=O) groups excluding carboxylic acids is 4. The molecule has 0 spiro atoms. The Bertz CT molecular complexity index is 2710. The van der Waals surface area contributed by atoms with E-state index in [4.69, 9.17) is 21.3 Å². The lowest BCUT2D eigenvalue weighted by Gasteiger charge is -2.63. The molecule has 0 radical (unpaired) electrons. The number of aliphatic hydroxyl groups excluding tert-OH is 2. The summed E-state index contributed by atoms with van der Waals surface area (Å²) in [6.07, 6.45) is 2.59. The number of piperidine rings is 1. The molecule has 3 aliphatic heterocycles. The third-order valence-electron chi connectivity index (χ3n) is 15.8. The van der Waals surface area contributed by atoms with E-state index in [2.05, 4.69) is 69.4 Å². The molecule has 75 heavy (non-hydrogen) atoms. The van der Waals surface area contributed by atoms with Crippen molar-refractivity contribution in [2.75, 3.05) is 70.4 Å². The van der Waals surface area contributed by atoms with Gasteiger partial charge < -0.3 is 45.6 Å². The number of rotatable bonds is 16. The average Bonchev–Trinajstić information content (AvgIpc) is 4.03. The molecule has 4 aliphatic rings. The van der Waals surface area contributed by atoms with Gasteiger partial charge in [-0.3, -0.25) is 24.1 Å². The zero-order chi connectivity index (χ0) is 54.0. The van der Waals surface area contributed by atoms with Gasteiger partial charge in [0, 0.05) is 87.9 Å². The van der Waals surface area contributed by atoms with Crippen molar-refractivity contribution in [3.05, 3.63) is 93.7 Å². The fourth-order valence-corrected chi connectivity index (χ4v) is 12.9. The second-order valence-corrected chi connectivity index (χ2v) is 24.4. The van der Waals surface area contributed by atoms with E-state index >= 15 is 0 Å². The Labute approximate surface area is 450 Å². The van der Waals surface area contributed by atoms with Crippen LogP contribution in [-0.4, -0.2) is 154 Å². The van der Waals surface area contributed by atoms with Gasteiger partial charge in [-0.15, -0.1) is 11.3 Å². The number of pyridine rings is 1. The summed E-state index contributed by atoms with van der Waals surface area (Å²) in [6, 6.07) is 15.6. The highest BCUT2D eigenvalue weighted by atomic mass is 35.5. The van der Waals surface area contributed by atoms with Crippen molar-refractivity contribution in [2.45, 2.75) is 111 Å². The number of nitrogens with zero attached hydrogens (tertiary/aromatic N) is 7. The molecule has 4 atom stereocenters. The largest absolute Gasteiger partial charge is 0.489 e. The number of anilines is 1. The normalized spacial score (nSPS) is 22.9. The number of aliphatic hydroxyl groups is 2. The number of piperazine rings is 1. The molecule has 19 heteroatoms. The number of benzene rings is 2. The molecule has 5 N–H and O–H groups in total. The van der Waals surface area contributed by atoms with Gasteiger partial charge in [-0.2, -0.15) is 5.26 Å². The van der Waals surface area contributed by atoms with Crippen LogP contribution < -0.4 is 25.6 Å². The highest BCUT2D eigenvalue weighted by molar-refractivity contribution is 7.13. The minimum Gasteiger partial charge on any atom is -0.489 e. The molecule has 5 heterocycles. The van der Waals surface area contributed by atoms with Crippen LogP contribution in [0.4, 0.5) is 5.82 Å². The highest BCUT2D eigenvalue weighted by Crippen LogP contribution is 2.55. The predicted octanol–water partition coefficient (Wildman–Crippen LogP) is 5.83. The molecule has 1 aliphatic carbocycles. The summed E-state index contributed by atoms with van der Waals surface area (Å²) in [5, 5.41) is 39.8. The topological polar surface area (TPSA) is 217 Å². The van der Waals surface area contributed by atoms with E-state index in [1.165, 1.54) is 16.2 Å².